The fraction of sp³-hybridized carbons (Fsp3) is 0.273. The quantitative estimate of drug-likeness (QED) is 0.448. The molecular formula is C22H25FN4O2. The number of oxazole rings is 1. The van der Waals surface area contributed by atoms with E-state index in [1.807, 2.05) is 31.2 Å². The Balaban J connectivity index is 1.53. The number of hydrogen-bond acceptors (Lipinski definition) is 4. The Kier molecular flexibility index (Phi) is 7.22. The zero-order valence-corrected chi connectivity index (χ0v) is 16.6. The SMILES string of the molecule is CCNC(=NCc1ccc(OC)cc1)NCCc1coc(-c2ccc(F)cc2)n1. The van der Waals surface area contributed by atoms with Crippen molar-refractivity contribution in [2.75, 3.05) is 20.2 Å². The molecule has 0 saturated heterocycles. The summed E-state index contributed by atoms with van der Waals surface area (Å²) >= 11 is 0. The minimum atomic E-state index is -0.283. The van der Waals surface area contributed by atoms with Gasteiger partial charge in [0.15, 0.2) is 5.96 Å². The van der Waals surface area contributed by atoms with E-state index in [9.17, 15) is 4.39 Å². The smallest absolute Gasteiger partial charge is 0.226 e. The minimum absolute atomic E-state index is 0.283. The van der Waals surface area contributed by atoms with Gasteiger partial charge >= 0.3 is 0 Å². The van der Waals surface area contributed by atoms with Crippen LogP contribution in [0.1, 0.15) is 18.2 Å². The summed E-state index contributed by atoms with van der Waals surface area (Å²) in [6.07, 6.45) is 2.30. The van der Waals surface area contributed by atoms with Gasteiger partial charge in [-0.1, -0.05) is 12.1 Å². The maximum atomic E-state index is 13.0. The largest absolute Gasteiger partial charge is 0.497 e. The first-order valence-electron chi connectivity index (χ1n) is 9.53. The fourth-order valence-corrected chi connectivity index (χ4v) is 2.70. The van der Waals surface area contributed by atoms with Gasteiger partial charge in [-0.25, -0.2) is 14.4 Å². The van der Waals surface area contributed by atoms with Crippen LogP contribution in [0.15, 0.2) is 64.2 Å². The molecule has 0 radical (unpaired) electrons. The topological polar surface area (TPSA) is 71.7 Å². The predicted molar refractivity (Wildman–Crippen MR) is 111 cm³/mol. The average molecular weight is 396 g/mol. The lowest BCUT2D eigenvalue weighted by Crippen LogP contribution is -2.38. The molecule has 152 valence electrons. The Labute approximate surface area is 169 Å². The van der Waals surface area contributed by atoms with Gasteiger partial charge < -0.3 is 19.8 Å². The van der Waals surface area contributed by atoms with Crippen LogP contribution in [0.5, 0.6) is 5.75 Å². The molecule has 1 aromatic heterocycles. The molecule has 29 heavy (non-hydrogen) atoms. The number of benzene rings is 2. The normalized spacial score (nSPS) is 11.3. The van der Waals surface area contributed by atoms with E-state index in [0.29, 0.717) is 25.4 Å². The summed E-state index contributed by atoms with van der Waals surface area (Å²) in [7, 11) is 1.65. The van der Waals surface area contributed by atoms with E-state index < -0.39 is 0 Å². The van der Waals surface area contributed by atoms with Gasteiger partial charge in [-0.2, -0.15) is 0 Å². The third-order valence-electron chi connectivity index (χ3n) is 4.24. The van der Waals surface area contributed by atoms with Crippen LogP contribution in [0.2, 0.25) is 0 Å². The first kappa shape index (κ1) is 20.4. The van der Waals surface area contributed by atoms with E-state index in [1.165, 1.54) is 12.1 Å². The lowest BCUT2D eigenvalue weighted by molar-refractivity contribution is 0.414. The summed E-state index contributed by atoms with van der Waals surface area (Å²) in [5.74, 6) is 1.77. The van der Waals surface area contributed by atoms with Crippen molar-refractivity contribution in [3.8, 4) is 17.2 Å². The predicted octanol–water partition coefficient (Wildman–Crippen LogP) is 3.79. The summed E-state index contributed by atoms with van der Waals surface area (Å²) in [4.78, 5) is 9.07. The Bertz CT molecular complexity index is 921. The number of halogens is 1. The number of ether oxygens (including phenoxy) is 1. The number of rotatable bonds is 8. The molecule has 6 nitrogen and oxygen atoms in total. The maximum absolute atomic E-state index is 13.0. The standard InChI is InChI=1S/C22H25FN4O2/c1-3-24-22(26-14-16-4-10-20(28-2)11-5-16)25-13-12-19-15-29-21(27-19)17-6-8-18(23)9-7-17/h4-11,15H,3,12-14H2,1-2H3,(H2,24,25,26). The van der Waals surface area contributed by atoms with E-state index in [1.54, 1.807) is 25.5 Å². The highest BCUT2D eigenvalue weighted by Gasteiger charge is 2.07. The van der Waals surface area contributed by atoms with Crippen molar-refractivity contribution in [2.45, 2.75) is 19.9 Å². The highest BCUT2D eigenvalue weighted by molar-refractivity contribution is 5.79. The van der Waals surface area contributed by atoms with E-state index in [4.69, 9.17) is 9.15 Å². The highest BCUT2D eigenvalue weighted by Crippen LogP contribution is 2.19. The van der Waals surface area contributed by atoms with Crippen LogP contribution in [-0.4, -0.2) is 31.1 Å². The van der Waals surface area contributed by atoms with Gasteiger partial charge in [0.2, 0.25) is 5.89 Å². The molecule has 0 saturated carbocycles. The molecule has 2 N–H and O–H groups in total. The van der Waals surface area contributed by atoms with Crippen LogP contribution in [0.3, 0.4) is 0 Å². The number of methoxy groups -OCH3 is 1. The molecule has 0 aliphatic rings. The van der Waals surface area contributed by atoms with E-state index >= 15 is 0 Å². The molecule has 0 atom stereocenters. The van der Waals surface area contributed by atoms with Crippen molar-refractivity contribution in [3.63, 3.8) is 0 Å². The zero-order chi connectivity index (χ0) is 20.5. The molecule has 0 amide bonds. The van der Waals surface area contributed by atoms with Crippen LogP contribution < -0.4 is 15.4 Å². The first-order valence-corrected chi connectivity index (χ1v) is 9.53. The molecule has 0 aliphatic heterocycles. The van der Waals surface area contributed by atoms with Crippen molar-refractivity contribution >= 4 is 5.96 Å². The van der Waals surface area contributed by atoms with Gasteiger partial charge in [0, 0.05) is 25.1 Å². The molecule has 7 heteroatoms. The first-order chi connectivity index (χ1) is 14.2. The third kappa shape index (κ3) is 6.07. The molecule has 3 aromatic rings. The van der Waals surface area contributed by atoms with Gasteiger partial charge in [0.1, 0.15) is 17.8 Å². The van der Waals surface area contributed by atoms with Crippen LogP contribution >= 0.6 is 0 Å². The summed E-state index contributed by atoms with van der Waals surface area (Å²) < 4.78 is 23.7. The molecule has 1 heterocycles. The lowest BCUT2D eigenvalue weighted by atomic mass is 10.2. The molecule has 0 unspecified atom stereocenters. The monoisotopic (exact) mass is 396 g/mol. The number of nitrogens with zero attached hydrogens (tertiary/aromatic N) is 2. The number of nitrogens with one attached hydrogen (secondary N) is 2. The summed E-state index contributed by atoms with van der Waals surface area (Å²) in [5, 5.41) is 6.53. The molecule has 2 aromatic carbocycles. The number of aliphatic imine (C=N–C) groups is 1. The fourth-order valence-electron chi connectivity index (χ4n) is 2.70. The Morgan fingerprint density at radius 2 is 1.86 bits per heavy atom. The summed E-state index contributed by atoms with van der Waals surface area (Å²) in [6.45, 7) is 4.02. The van der Waals surface area contributed by atoms with Crippen molar-refractivity contribution in [2.24, 2.45) is 4.99 Å². The average Bonchev–Trinajstić information content (AvgIpc) is 3.22. The Hall–Kier alpha value is -3.35. The summed E-state index contributed by atoms with van der Waals surface area (Å²) in [6, 6.07) is 13.9. The third-order valence-corrected chi connectivity index (χ3v) is 4.24. The van der Waals surface area contributed by atoms with Crippen LogP contribution in [0.4, 0.5) is 4.39 Å². The van der Waals surface area contributed by atoms with Gasteiger partial charge in [-0.3, -0.25) is 0 Å². The second-order valence-corrected chi connectivity index (χ2v) is 6.37. The van der Waals surface area contributed by atoms with Crippen LogP contribution in [-0.2, 0) is 13.0 Å². The van der Waals surface area contributed by atoms with E-state index in [0.717, 1.165) is 35.1 Å². The molecule has 0 aliphatic carbocycles. The van der Waals surface area contributed by atoms with Crippen molar-refractivity contribution in [1.29, 1.82) is 0 Å². The Morgan fingerprint density at radius 3 is 2.55 bits per heavy atom. The number of aromatic nitrogens is 1. The van der Waals surface area contributed by atoms with E-state index in [2.05, 4.69) is 20.6 Å². The second kappa shape index (κ2) is 10.3. The number of guanidine groups is 1. The van der Waals surface area contributed by atoms with Crippen molar-refractivity contribution < 1.29 is 13.5 Å². The highest BCUT2D eigenvalue weighted by atomic mass is 19.1. The van der Waals surface area contributed by atoms with Crippen LogP contribution in [0, 0.1) is 5.82 Å². The molecule has 3 rings (SSSR count). The second-order valence-electron chi connectivity index (χ2n) is 6.37. The van der Waals surface area contributed by atoms with Crippen LogP contribution in [0.25, 0.3) is 11.5 Å². The zero-order valence-electron chi connectivity index (χ0n) is 16.6. The molecule has 0 fully saturated rings. The van der Waals surface area contributed by atoms with Crippen molar-refractivity contribution in [1.82, 2.24) is 15.6 Å². The molecule has 0 spiro atoms. The summed E-state index contributed by atoms with van der Waals surface area (Å²) in [5.41, 5.74) is 2.67. The maximum Gasteiger partial charge on any atom is 0.226 e. The lowest BCUT2D eigenvalue weighted by Gasteiger charge is -2.10. The van der Waals surface area contributed by atoms with Gasteiger partial charge in [-0.05, 0) is 48.9 Å². The van der Waals surface area contributed by atoms with Gasteiger partial charge in [0.25, 0.3) is 0 Å². The van der Waals surface area contributed by atoms with Gasteiger partial charge in [-0.15, -0.1) is 0 Å². The van der Waals surface area contributed by atoms with Crippen molar-refractivity contribution in [3.05, 3.63) is 71.9 Å². The van der Waals surface area contributed by atoms with Gasteiger partial charge in [0.05, 0.1) is 19.3 Å². The Morgan fingerprint density at radius 1 is 1.10 bits per heavy atom. The minimum Gasteiger partial charge on any atom is -0.497 e. The number of hydrogen-bond donors (Lipinski definition) is 2. The molecular weight excluding hydrogens is 371 g/mol. The molecule has 0 bridgehead atoms. The van der Waals surface area contributed by atoms with E-state index in [-0.39, 0.29) is 5.82 Å².